The van der Waals surface area contributed by atoms with Crippen LogP contribution in [-0.4, -0.2) is 18.5 Å². The van der Waals surface area contributed by atoms with Gasteiger partial charge in [-0.2, -0.15) is 5.26 Å². The fourth-order valence-corrected chi connectivity index (χ4v) is 2.89. The number of amides is 3. The first kappa shape index (κ1) is 17.9. The number of rotatable bonds is 5. The Morgan fingerprint density at radius 2 is 2.00 bits per heavy atom. The second-order valence-electron chi connectivity index (χ2n) is 3.90. The molecule has 0 aliphatic rings. The van der Waals surface area contributed by atoms with Crippen LogP contribution in [0.1, 0.15) is 5.56 Å². The highest BCUT2D eigenvalue weighted by Crippen LogP contribution is 2.35. The van der Waals surface area contributed by atoms with Gasteiger partial charge in [-0.25, -0.2) is 4.79 Å². The molecule has 0 fully saturated rings. The summed E-state index contributed by atoms with van der Waals surface area (Å²) in [5.74, 6) is -0.300. The lowest BCUT2D eigenvalue weighted by Crippen LogP contribution is -2.35. The van der Waals surface area contributed by atoms with E-state index in [1.165, 1.54) is 6.08 Å². The molecule has 3 N–H and O–H groups in total. The van der Waals surface area contributed by atoms with E-state index in [1.807, 2.05) is 5.32 Å². The van der Waals surface area contributed by atoms with Crippen molar-refractivity contribution in [2.24, 2.45) is 5.73 Å². The Balaban J connectivity index is 3.14. The van der Waals surface area contributed by atoms with Crippen molar-refractivity contribution >= 4 is 49.9 Å². The van der Waals surface area contributed by atoms with Crippen molar-refractivity contribution in [1.29, 1.82) is 5.26 Å². The number of hydrogen-bond acceptors (Lipinski definition) is 4. The van der Waals surface area contributed by atoms with Gasteiger partial charge in [0.2, 0.25) is 0 Å². The van der Waals surface area contributed by atoms with Gasteiger partial charge in [-0.15, -0.1) is 0 Å². The highest BCUT2D eigenvalue weighted by Gasteiger charge is 2.13. The Hall–Kier alpha value is -2.11. The maximum Gasteiger partial charge on any atom is 0.319 e. The summed E-state index contributed by atoms with van der Waals surface area (Å²) in [5, 5.41) is 10.8. The van der Waals surface area contributed by atoms with Crippen molar-refractivity contribution in [3.63, 3.8) is 0 Å². The smallest absolute Gasteiger partial charge is 0.319 e. The SMILES string of the molecule is C=CCOc1c(Br)cc(/C=C(\C#N)C(=O)NC(N)=O)cc1Br. The number of nitriles is 1. The van der Waals surface area contributed by atoms with E-state index in [4.69, 9.17) is 15.7 Å². The largest absolute Gasteiger partial charge is 0.487 e. The minimum absolute atomic E-state index is 0.252. The van der Waals surface area contributed by atoms with Crippen molar-refractivity contribution < 1.29 is 14.3 Å². The van der Waals surface area contributed by atoms with Gasteiger partial charge in [0.05, 0.1) is 8.95 Å². The number of urea groups is 1. The van der Waals surface area contributed by atoms with Crippen molar-refractivity contribution in [1.82, 2.24) is 5.32 Å². The average Bonchev–Trinajstić information content (AvgIpc) is 2.43. The molecule has 0 heterocycles. The molecular weight excluding hydrogens is 418 g/mol. The average molecular weight is 429 g/mol. The number of hydrogen-bond donors (Lipinski definition) is 2. The Bertz CT molecular complexity index is 670. The van der Waals surface area contributed by atoms with Gasteiger partial charge in [-0.1, -0.05) is 12.7 Å². The molecule has 0 saturated heterocycles. The molecule has 6 nitrogen and oxygen atoms in total. The molecule has 0 radical (unpaired) electrons. The molecule has 0 unspecified atom stereocenters. The van der Waals surface area contributed by atoms with Crippen LogP contribution in [0.25, 0.3) is 6.08 Å². The summed E-state index contributed by atoms with van der Waals surface area (Å²) < 4.78 is 6.72. The first-order chi connectivity index (χ1) is 10.4. The number of primary amides is 1. The molecule has 22 heavy (non-hydrogen) atoms. The molecule has 0 spiro atoms. The van der Waals surface area contributed by atoms with E-state index >= 15 is 0 Å². The Morgan fingerprint density at radius 3 is 2.45 bits per heavy atom. The number of ether oxygens (including phenoxy) is 1. The van der Waals surface area contributed by atoms with Gasteiger partial charge in [0.1, 0.15) is 24.0 Å². The number of benzene rings is 1. The summed E-state index contributed by atoms with van der Waals surface area (Å²) in [6.45, 7) is 3.89. The summed E-state index contributed by atoms with van der Waals surface area (Å²) in [6, 6.07) is 4.01. The normalized spacial score (nSPS) is 10.5. The van der Waals surface area contributed by atoms with Crippen LogP contribution in [0.2, 0.25) is 0 Å². The summed E-state index contributed by atoms with van der Waals surface area (Å²) in [7, 11) is 0. The summed E-state index contributed by atoms with van der Waals surface area (Å²) in [5.41, 5.74) is 5.15. The van der Waals surface area contributed by atoms with E-state index < -0.39 is 11.9 Å². The lowest BCUT2D eigenvalue weighted by molar-refractivity contribution is -0.115. The first-order valence-corrected chi connectivity index (χ1v) is 7.43. The van der Waals surface area contributed by atoms with E-state index in [2.05, 4.69) is 38.4 Å². The minimum atomic E-state index is -1.03. The van der Waals surface area contributed by atoms with Crippen LogP contribution < -0.4 is 15.8 Å². The van der Waals surface area contributed by atoms with E-state index in [1.54, 1.807) is 24.3 Å². The highest BCUT2D eigenvalue weighted by molar-refractivity contribution is 9.11. The lowest BCUT2D eigenvalue weighted by Gasteiger charge is -2.09. The van der Waals surface area contributed by atoms with Gasteiger partial charge < -0.3 is 10.5 Å². The third-order valence-electron chi connectivity index (χ3n) is 2.28. The quantitative estimate of drug-likeness (QED) is 0.427. The Morgan fingerprint density at radius 1 is 1.41 bits per heavy atom. The molecule has 3 amide bonds. The van der Waals surface area contributed by atoms with Gasteiger partial charge in [-0.3, -0.25) is 10.1 Å². The zero-order valence-electron chi connectivity index (χ0n) is 11.2. The van der Waals surface area contributed by atoms with Gasteiger partial charge in [0.15, 0.2) is 0 Å². The predicted molar refractivity (Wildman–Crippen MR) is 88.9 cm³/mol. The number of imide groups is 1. The Kier molecular flexibility index (Phi) is 6.82. The monoisotopic (exact) mass is 427 g/mol. The van der Waals surface area contributed by atoms with Crippen LogP contribution in [0, 0.1) is 11.3 Å². The number of nitrogens with two attached hydrogens (primary N) is 1. The first-order valence-electron chi connectivity index (χ1n) is 5.84. The molecule has 0 atom stereocenters. The Labute approximate surface area is 143 Å². The van der Waals surface area contributed by atoms with Gasteiger partial charge in [0.25, 0.3) is 5.91 Å². The second-order valence-corrected chi connectivity index (χ2v) is 5.61. The summed E-state index contributed by atoms with van der Waals surface area (Å²) in [6.07, 6.45) is 2.93. The van der Waals surface area contributed by atoms with Gasteiger partial charge in [-0.05, 0) is 55.6 Å². The standard InChI is InChI=1S/C14H11Br2N3O3/c1-2-3-22-12-10(15)5-8(6-11(12)16)4-9(7-17)13(20)19-14(18)21/h2,4-6H,1,3H2,(H3,18,19,20,21)/b9-4+. The topological polar surface area (TPSA) is 105 Å². The van der Waals surface area contributed by atoms with Gasteiger partial charge >= 0.3 is 6.03 Å². The predicted octanol–water partition coefficient (Wildman–Crippen LogP) is 2.88. The van der Waals surface area contributed by atoms with Crippen LogP contribution in [0.3, 0.4) is 0 Å². The fourth-order valence-electron chi connectivity index (χ4n) is 1.44. The molecule has 1 rings (SSSR count). The van der Waals surface area contributed by atoms with E-state index in [0.29, 0.717) is 26.9 Å². The minimum Gasteiger partial charge on any atom is -0.487 e. The van der Waals surface area contributed by atoms with Crippen molar-refractivity contribution in [3.8, 4) is 11.8 Å². The zero-order chi connectivity index (χ0) is 16.7. The van der Waals surface area contributed by atoms with Gasteiger partial charge in [0, 0.05) is 0 Å². The molecule has 0 aliphatic carbocycles. The van der Waals surface area contributed by atoms with Crippen molar-refractivity contribution in [2.45, 2.75) is 0 Å². The number of carbonyl (C=O) groups excluding carboxylic acids is 2. The van der Waals surface area contributed by atoms with Crippen molar-refractivity contribution in [3.05, 3.63) is 44.9 Å². The van der Waals surface area contributed by atoms with Crippen LogP contribution in [0.15, 0.2) is 39.3 Å². The third-order valence-corrected chi connectivity index (χ3v) is 3.46. The van der Waals surface area contributed by atoms with Crippen LogP contribution >= 0.6 is 31.9 Å². The maximum atomic E-state index is 11.6. The van der Waals surface area contributed by atoms with Crippen LogP contribution in [0.5, 0.6) is 5.75 Å². The summed E-state index contributed by atoms with van der Waals surface area (Å²) in [4.78, 5) is 22.3. The summed E-state index contributed by atoms with van der Waals surface area (Å²) >= 11 is 6.68. The van der Waals surface area contributed by atoms with Crippen molar-refractivity contribution in [2.75, 3.05) is 6.61 Å². The molecule has 114 valence electrons. The molecule has 1 aromatic rings. The molecule has 0 bridgehead atoms. The molecular formula is C14H11Br2N3O3. The number of nitrogens with one attached hydrogen (secondary N) is 1. The number of carbonyl (C=O) groups is 2. The molecule has 0 aliphatic heterocycles. The number of nitrogens with zero attached hydrogens (tertiary/aromatic N) is 1. The van der Waals surface area contributed by atoms with E-state index in [0.717, 1.165) is 0 Å². The van der Waals surface area contributed by atoms with Crippen LogP contribution in [-0.2, 0) is 4.79 Å². The zero-order valence-corrected chi connectivity index (χ0v) is 14.4. The van der Waals surface area contributed by atoms with E-state index in [9.17, 15) is 9.59 Å². The molecule has 0 saturated carbocycles. The fraction of sp³-hybridized carbons (Fsp3) is 0.0714. The molecule has 8 heteroatoms. The number of halogens is 2. The second kappa shape index (κ2) is 8.36. The van der Waals surface area contributed by atoms with Crippen LogP contribution in [0.4, 0.5) is 4.79 Å². The molecule has 0 aromatic heterocycles. The molecule has 1 aromatic carbocycles. The maximum absolute atomic E-state index is 11.6. The lowest BCUT2D eigenvalue weighted by atomic mass is 10.1. The third kappa shape index (κ3) is 5.02. The van der Waals surface area contributed by atoms with E-state index in [-0.39, 0.29) is 5.57 Å². The highest BCUT2D eigenvalue weighted by atomic mass is 79.9.